The fourth-order valence-corrected chi connectivity index (χ4v) is 3.24. The van der Waals surface area contributed by atoms with E-state index >= 15 is 0 Å². The van der Waals surface area contributed by atoms with Gasteiger partial charge in [-0.2, -0.15) is 0 Å². The zero-order chi connectivity index (χ0) is 16.9. The van der Waals surface area contributed by atoms with Crippen LogP contribution in [0, 0.1) is 6.92 Å². The number of aromatic nitrogens is 1. The highest BCUT2D eigenvalue weighted by Gasteiger charge is 2.14. The maximum absolute atomic E-state index is 12.6. The molecule has 24 heavy (non-hydrogen) atoms. The summed E-state index contributed by atoms with van der Waals surface area (Å²) in [7, 11) is 0. The largest absolute Gasteiger partial charge is 0.370 e. The van der Waals surface area contributed by atoms with Crippen LogP contribution in [0.25, 0.3) is 0 Å². The fraction of sp³-hybridized carbons (Fsp3) is 0.368. The number of nitrogens with one attached hydrogen (secondary N) is 1. The minimum Gasteiger partial charge on any atom is -0.370 e. The molecule has 5 heteroatoms. The molecular weight excluding hydrogens is 322 g/mol. The van der Waals surface area contributed by atoms with Gasteiger partial charge in [0, 0.05) is 30.0 Å². The molecule has 126 valence electrons. The molecule has 1 aliphatic rings. The molecule has 1 aromatic heterocycles. The third-order valence-electron chi connectivity index (χ3n) is 4.39. The zero-order valence-electron chi connectivity index (χ0n) is 13.9. The highest BCUT2D eigenvalue weighted by atomic mass is 35.5. The standard InChI is InChI=1S/C19H22ClN3O/c1-14-10-16(20)6-7-18(14)22-19(24)15-11-17(13-21-12-15)23-8-4-2-3-5-9-23/h6-7,10-13H,2-5,8-9H2,1H3,(H,22,24). The van der Waals surface area contributed by atoms with Crippen LogP contribution in [0.5, 0.6) is 0 Å². The van der Waals surface area contributed by atoms with Crippen LogP contribution < -0.4 is 10.2 Å². The van der Waals surface area contributed by atoms with Gasteiger partial charge < -0.3 is 10.2 Å². The van der Waals surface area contributed by atoms with Gasteiger partial charge in [0.15, 0.2) is 0 Å². The molecule has 1 N–H and O–H groups in total. The van der Waals surface area contributed by atoms with Crippen molar-refractivity contribution in [1.82, 2.24) is 4.98 Å². The number of carbonyl (C=O) groups excluding carboxylic acids is 1. The van der Waals surface area contributed by atoms with E-state index in [1.54, 1.807) is 12.3 Å². The molecule has 1 amide bonds. The predicted octanol–water partition coefficient (Wildman–Crippen LogP) is 4.68. The Labute approximate surface area is 147 Å². The number of amides is 1. The van der Waals surface area contributed by atoms with Crippen molar-refractivity contribution in [3.63, 3.8) is 0 Å². The summed E-state index contributed by atoms with van der Waals surface area (Å²) in [6, 6.07) is 7.36. The number of anilines is 2. The van der Waals surface area contributed by atoms with Crippen LogP contribution in [-0.2, 0) is 0 Å². The molecule has 1 fully saturated rings. The summed E-state index contributed by atoms with van der Waals surface area (Å²) in [5, 5.41) is 3.60. The second kappa shape index (κ2) is 7.67. The van der Waals surface area contributed by atoms with Crippen LogP contribution in [0.4, 0.5) is 11.4 Å². The maximum Gasteiger partial charge on any atom is 0.257 e. The lowest BCUT2D eigenvalue weighted by atomic mass is 10.2. The molecule has 1 aromatic carbocycles. The lowest BCUT2D eigenvalue weighted by Crippen LogP contribution is -2.24. The number of hydrogen-bond acceptors (Lipinski definition) is 3. The van der Waals surface area contributed by atoms with Crippen molar-refractivity contribution in [2.75, 3.05) is 23.3 Å². The molecule has 1 saturated heterocycles. The summed E-state index contributed by atoms with van der Waals surface area (Å²) >= 11 is 5.96. The van der Waals surface area contributed by atoms with Gasteiger partial charge in [0.1, 0.15) is 0 Å². The first-order valence-electron chi connectivity index (χ1n) is 8.41. The number of benzene rings is 1. The quantitative estimate of drug-likeness (QED) is 0.880. The molecule has 0 saturated carbocycles. The van der Waals surface area contributed by atoms with Gasteiger partial charge >= 0.3 is 0 Å². The molecule has 3 rings (SSSR count). The van der Waals surface area contributed by atoms with Gasteiger partial charge in [-0.3, -0.25) is 9.78 Å². The smallest absolute Gasteiger partial charge is 0.257 e. The number of nitrogens with zero attached hydrogens (tertiary/aromatic N) is 2. The number of hydrogen-bond donors (Lipinski definition) is 1. The van der Waals surface area contributed by atoms with Crippen LogP contribution in [-0.4, -0.2) is 24.0 Å². The molecule has 2 aromatic rings. The lowest BCUT2D eigenvalue weighted by Gasteiger charge is -2.22. The first kappa shape index (κ1) is 16.8. The Balaban J connectivity index is 1.76. The van der Waals surface area contributed by atoms with Crippen LogP contribution in [0.2, 0.25) is 5.02 Å². The van der Waals surface area contributed by atoms with E-state index in [2.05, 4.69) is 15.2 Å². The first-order chi connectivity index (χ1) is 11.6. The van der Waals surface area contributed by atoms with Crippen LogP contribution >= 0.6 is 11.6 Å². The third-order valence-corrected chi connectivity index (χ3v) is 4.63. The third kappa shape index (κ3) is 4.06. The Hall–Kier alpha value is -2.07. The molecule has 2 heterocycles. The number of carbonyl (C=O) groups is 1. The van der Waals surface area contributed by atoms with Crippen molar-refractivity contribution >= 4 is 28.9 Å². The second-order valence-corrected chi connectivity index (χ2v) is 6.68. The van der Waals surface area contributed by atoms with Crippen molar-refractivity contribution in [3.8, 4) is 0 Å². The van der Waals surface area contributed by atoms with Gasteiger partial charge in [0.25, 0.3) is 5.91 Å². The van der Waals surface area contributed by atoms with E-state index in [4.69, 9.17) is 11.6 Å². The number of aryl methyl sites for hydroxylation is 1. The summed E-state index contributed by atoms with van der Waals surface area (Å²) in [5.74, 6) is -0.149. The average molecular weight is 344 g/mol. The van der Waals surface area contributed by atoms with Gasteiger partial charge in [0.05, 0.1) is 17.4 Å². The molecule has 0 radical (unpaired) electrons. The van der Waals surface area contributed by atoms with Crippen molar-refractivity contribution in [2.24, 2.45) is 0 Å². The Bertz CT molecular complexity index is 724. The second-order valence-electron chi connectivity index (χ2n) is 6.25. The van der Waals surface area contributed by atoms with E-state index in [1.165, 1.54) is 25.7 Å². The lowest BCUT2D eigenvalue weighted by molar-refractivity contribution is 0.102. The SMILES string of the molecule is Cc1cc(Cl)ccc1NC(=O)c1cncc(N2CCCCCC2)c1. The van der Waals surface area contributed by atoms with Gasteiger partial charge in [-0.1, -0.05) is 24.4 Å². The van der Waals surface area contributed by atoms with E-state index in [9.17, 15) is 4.79 Å². The monoisotopic (exact) mass is 343 g/mol. The number of halogens is 1. The number of rotatable bonds is 3. The predicted molar refractivity (Wildman–Crippen MR) is 99.1 cm³/mol. The summed E-state index contributed by atoms with van der Waals surface area (Å²) in [6.45, 7) is 3.99. The minimum absolute atomic E-state index is 0.149. The molecule has 4 nitrogen and oxygen atoms in total. The van der Waals surface area contributed by atoms with Gasteiger partial charge in [-0.15, -0.1) is 0 Å². The molecule has 0 aliphatic carbocycles. The van der Waals surface area contributed by atoms with Crippen LogP contribution in [0.15, 0.2) is 36.7 Å². The van der Waals surface area contributed by atoms with E-state index in [0.717, 1.165) is 30.0 Å². The summed E-state index contributed by atoms with van der Waals surface area (Å²) < 4.78 is 0. The molecule has 0 unspecified atom stereocenters. The van der Waals surface area contributed by atoms with E-state index in [0.29, 0.717) is 10.6 Å². The molecule has 0 bridgehead atoms. The Morgan fingerprint density at radius 1 is 1.12 bits per heavy atom. The van der Waals surface area contributed by atoms with Gasteiger partial charge in [-0.05, 0) is 49.6 Å². The minimum atomic E-state index is -0.149. The normalized spacial score (nSPS) is 15.0. The molecule has 0 atom stereocenters. The highest BCUT2D eigenvalue weighted by molar-refractivity contribution is 6.30. The van der Waals surface area contributed by atoms with E-state index in [-0.39, 0.29) is 5.91 Å². The zero-order valence-corrected chi connectivity index (χ0v) is 14.6. The van der Waals surface area contributed by atoms with Crippen LogP contribution in [0.3, 0.4) is 0 Å². The first-order valence-corrected chi connectivity index (χ1v) is 8.79. The summed E-state index contributed by atoms with van der Waals surface area (Å²) in [5.41, 5.74) is 3.31. The molecular formula is C19H22ClN3O. The van der Waals surface area contributed by atoms with Crippen molar-refractivity contribution in [2.45, 2.75) is 32.6 Å². The van der Waals surface area contributed by atoms with Gasteiger partial charge in [0.2, 0.25) is 0 Å². The summed E-state index contributed by atoms with van der Waals surface area (Å²) in [4.78, 5) is 19.1. The summed E-state index contributed by atoms with van der Waals surface area (Å²) in [6.07, 6.45) is 8.40. The number of pyridine rings is 1. The van der Waals surface area contributed by atoms with Crippen molar-refractivity contribution in [1.29, 1.82) is 0 Å². The van der Waals surface area contributed by atoms with E-state index in [1.807, 2.05) is 31.3 Å². The van der Waals surface area contributed by atoms with E-state index < -0.39 is 0 Å². The Morgan fingerprint density at radius 2 is 1.88 bits per heavy atom. The topological polar surface area (TPSA) is 45.2 Å². The van der Waals surface area contributed by atoms with Crippen molar-refractivity contribution < 1.29 is 4.79 Å². The molecule has 1 aliphatic heterocycles. The van der Waals surface area contributed by atoms with Crippen molar-refractivity contribution in [3.05, 3.63) is 52.8 Å². The van der Waals surface area contributed by atoms with Crippen LogP contribution in [0.1, 0.15) is 41.6 Å². The average Bonchev–Trinajstić information content (AvgIpc) is 2.87. The Kier molecular flexibility index (Phi) is 5.36. The van der Waals surface area contributed by atoms with Gasteiger partial charge in [-0.25, -0.2) is 0 Å². The molecule has 0 spiro atoms. The highest BCUT2D eigenvalue weighted by Crippen LogP contribution is 2.22. The maximum atomic E-state index is 12.6. The Morgan fingerprint density at radius 3 is 2.58 bits per heavy atom. The fourth-order valence-electron chi connectivity index (χ4n) is 3.02.